The minimum Gasteiger partial charge on any atom is -0.316 e. The first-order chi connectivity index (χ1) is 9.00. The molecule has 0 aliphatic rings. The number of H-pyrrole nitrogens is 2. The predicted octanol–water partition coefficient (Wildman–Crippen LogP) is 2.25. The third kappa shape index (κ3) is 2.40. The molecule has 0 radical (unpaired) electrons. The summed E-state index contributed by atoms with van der Waals surface area (Å²) in [5, 5.41) is 0. The van der Waals surface area contributed by atoms with Crippen LogP contribution in [0.4, 0.5) is 26.3 Å². The predicted molar refractivity (Wildman–Crippen MR) is 55.2 cm³/mol. The maximum atomic E-state index is 12.6. The van der Waals surface area contributed by atoms with E-state index in [-0.39, 0.29) is 12.1 Å². The Morgan fingerprint density at radius 2 is 1.00 bits per heavy atom. The molecular weight excluding hydrogens is 294 g/mol. The van der Waals surface area contributed by atoms with Crippen LogP contribution in [0.2, 0.25) is 0 Å². The lowest BCUT2D eigenvalue weighted by Gasteiger charge is -2.16. The Labute approximate surface area is 105 Å². The molecule has 1 aromatic heterocycles. The second kappa shape index (κ2) is 4.12. The van der Waals surface area contributed by atoms with Crippen LogP contribution in [0.25, 0.3) is 11.0 Å². The van der Waals surface area contributed by atoms with E-state index in [1.807, 2.05) is 0 Å². The van der Waals surface area contributed by atoms with Gasteiger partial charge < -0.3 is 9.97 Å². The summed E-state index contributed by atoms with van der Waals surface area (Å²) < 4.78 is 75.7. The molecule has 0 aliphatic carbocycles. The lowest BCUT2D eigenvalue weighted by atomic mass is 10.1. The maximum Gasteiger partial charge on any atom is 0.417 e. The summed E-state index contributed by atoms with van der Waals surface area (Å²) in [6.45, 7) is 0. The summed E-state index contributed by atoms with van der Waals surface area (Å²) >= 11 is 0. The van der Waals surface area contributed by atoms with Gasteiger partial charge in [0.25, 0.3) is 0 Å². The summed E-state index contributed by atoms with van der Waals surface area (Å²) in [6, 6.07) is 0.269. The van der Waals surface area contributed by atoms with E-state index in [2.05, 4.69) is 0 Å². The monoisotopic (exact) mass is 298 g/mol. The van der Waals surface area contributed by atoms with Crippen molar-refractivity contribution < 1.29 is 26.3 Å². The van der Waals surface area contributed by atoms with Gasteiger partial charge in [-0.25, -0.2) is 0 Å². The molecule has 0 fully saturated rings. The van der Waals surface area contributed by atoms with Crippen LogP contribution in [0.5, 0.6) is 0 Å². The number of alkyl halides is 6. The molecule has 0 unspecified atom stereocenters. The van der Waals surface area contributed by atoms with Crippen molar-refractivity contribution in [1.82, 2.24) is 9.97 Å². The first kappa shape index (κ1) is 14.2. The van der Waals surface area contributed by atoms with Gasteiger partial charge in [0.2, 0.25) is 0 Å². The van der Waals surface area contributed by atoms with Crippen molar-refractivity contribution in [1.29, 1.82) is 0 Å². The van der Waals surface area contributed by atoms with Crippen LogP contribution in [0, 0.1) is 0 Å². The zero-order chi connectivity index (χ0) is 15.3. The lowest BCUT2D eigenvalue weighted by Crippen LogP contribution is -2.29. The van der Waals surface area contributed by atoms with Gasteiger partial charge in [-0.2, -0.15) is 26.3 Å². The van der Waals surface area contributed by atoms with Crippen LogP contribution < -0.4 is 11.1 Å². The van der Waals surface area contributed by atoms with Crippen molar-refractivity contribution in [2.45, 2.75) is 12.4 Å². The van der Waals surface area contributed by atoms with E-state index in [0.29, 0.717) is 0 Å². The van der Waals surface area contributed by atoms with Gasteiger partial charge in [-0.3, -0.25) is 9.59 Å². The number of benzene rings is 1. The first-order valence-electron chi connectivity index (χ1n) is 4.95. The fourth-order valence-corrected chi connectivity index (χ4v) is 1.63. The Kier molecular flexibility index (Phi) is 2.91. The highest BCUT2D eigenvalue weighted by atomic mass is 19.4. The number of aromatic nitrogens is 2. The number of fused-ring (bicyclic) bond motifs is 1. The Bertz CT molecular complexity index is 717. The molecule has 1 heterocycles. The van der Waals surface area contributed by atoms with E-state index < -0.39 is 45.6 Å². The van der Waals surface area contributed by atoms with Crippen LogP contribution in [-0.4, -0.2) is 9.97 Å². The quantitative estimate of drug-likeness (QED) is 0.579. The summed E-state index contributed by atoms with van der Waals surface area (Å²) in [4.78, 5) is 25.5. The van der Waals surface area contributed by atoms with Crippen molar-refractivity contribution in [2.75, 3.05) is 0 Å². The van der Waals surface area contributed by atoms with Crippen molar-refractivity contribution in [2.24, 2.45) is 0 Å². The summed E-state index contributed by atoms with van der Waals surface area (Å²) in [5.74, 6) is 0. The van der Waals surface area contributed by atoms with E-state index in [4.69, 9.17) is 0 Å². The molecule has 0 saturated carbocycles. The van der Waals surface area contributed by atoms with E-state index in [9.17, 15) is 35.9 Å². The highest BCUT2D eigenvalue weighted by molar-refractivity contribution is 5.76. The molecule has 0 saturated heterocycles. The molecule has 4 nitrogen and oxygen atoms in total. The highest BCUT2D eigenvalue weighted by Gasteiger charge is 2.43. The van der Waals surface area contributed by atoms with Crippen LogP contribution in [0.3, 0.4) is 0 Å². The Morgan fingerprint density at radius 3 is 1.25 bits per heavy atom. The van der Waals surface area contributed by atoms with Crippen LogP contribution in [0.1, 0.15) is 11.1 Å². The van der Waals surface area contributed by atoms with Gasteiger partial charge >= 0.3 is 23.5 Å². The van der Waals surface area contributed by atoms with Gasteiger partial charge in [-0.1, -0.05) is 0 Å². The van der Waals surface area contributed by atoms with Gasteiger partial charge in [0.15, 0.2) is 0 Å². The normalized spacial score (nSPS) is 12.9. The fourth-order valence-electron chi connectivity index (χ4n) is 1.63. The smallest absolute Gasteiger partial charge is 0.316 e. The number of aromatic amines is 2. The fraction of sp³-hybridized carbons (Fsp3) is 0.200. The molecular formula is C10H4F6N2O2. The van der Waals surface area contributed by atoms with Crippen LogP contribution in [0.15, 0.2) is 21.7 Å². The highest BCUT2D eigenvalue weighted by Crippen LogP contribution is 2.41. The number of rotatable bonds is 0. The van der Waals surface area contributed by atoms with Crippen molar-refractivity contribution in [3.8, 4) is 0 Å². The van der Waals surface area contributed by atoms with E-state index in [0.717, 1.165) is 0 Å². The van der Waals surface area contributed by atoms with Gasteiger partial charge in [-0.05, 0) is 12.1 Å². The molecule has 0 spiro atoms. The number of hydrogen-bond donors (Lipinski definition) is 2. The molecule has 0 aliphatic heterocycles. The number of halogens is 6. The molecule has 2 N–H and O–H groups in total. The number of hydrogen-bond acceptors (Lipinski definition) is 2. The minimum absolute atomic E-state index is 0.134. The van der Waals surface area contributed by atoms with Crippen molar-refractivity contribution in [3.05, 3.63) is 44.0 Å². The molecule has 0 amide bonds. The van der Waals surface area contributed by atoms with Gasteiger partial charge in [-0.15, -0.1) is 0 Å². The van der Waals surface area contributed by atoms with E-state index >= 15 is 0 Å². The maximum absolute atomic E-state index is 12.6. The minimum atomic E-state index is -5.26. The number of nitrogens with one attached hydrogen (secondary N) is 2. The summed E-state index contributed by atoms with van der Waals surface area (Å²) in [5.41, 5.74) is -7.50. The molecule has 0 bridgehead atoms. The molecule has 0 atom stereocenters. The third-order valence-corrected chi connectivity index (χ3v) is 2.47. The van der Waals surface area contributed by atoms with Crippen LogP contribution in [-0.2, 0) is 12.4 Å². The lowest BCUT2D eigenvalue weighted by molar-refractivity contribution is -0.161. The van der Waals surface area contributed by atoms with Crippen LogP contribution >= 0.6 is 0 Å². The molecule has 20 heavy (non-hydrogen) atoms. The molecule has 2 aromatic rings. The zero-order valence-corrected chi connectivity index (χ0v) is 9.24. The topological polar surface area (TPSA) is 65.7 Å². The molecule has 2 rings (SSSR count). The standard InChI is InChI=1S/C10H4F6N2O2/c11-9(12,13)3-1-5-6(2-4(3)10(14,15)16)18-8(20)7(19)17-5/h1-2H,(H,17,19)(H,18,20). The van der Waals surface area contributed by atoms with E-state index in [1.165, 1.54) is 0 Å². The summed E-state index contributed by atoms with van der Waals surface area (Å²) in [6.07, 6.45) is -10.5. The second-order valence-electron chi connectivity index (χ2n) is 3.85. The zero-order valence-electron chi connectivity index (χ0n) is 9.24. The van der Waals surface area contributed by atoms with Crippen molar-refractivity contribution >= 4 is 11.0 Å². The molecule has 1 aromatic carbocycles. The Morgan fingerprint density at radius 1 is 0.700 bits per heavy atom. The molecule has 10 heteroatoms. The average molecular weight is 298 g/mol. The summed E-state index contributed by atoms with van der Waals surface area (Å²) in [7, 11) is 0. The van der Waals surface area contributed by atoms with Crippen molar-refractivity contribution in [3.63, 3.8) is 0 Å². The van der Waals surface area contributed by atoms with Gasteiger partial charge in [0, 0.05) is 0 Å². The van der Waals surface area contributed by atoms with Gasteiger partial charge in [0.1, 0.15) is 0 Å². The largest absolute Gasteiger partial charge is 0.417 e. The molecule has 108 valence electrons. The Balaban J connectivity index is 2.93. The van der Waals surface area contributed by atoms with Gasteiger partial charge in [0.05, 0.1) is 22.2 Å². The SMILES string of the molecule is O=c1[nH]c2cc(C(F)(F)F)c(C(F)(F)F)cc2[nH]c1=O. The second-order valence-corrected chi connectivity index (χ2v) is 3.85. The average Bonchev–Trinajstić information content (AvgIpc) is 2.26. The first-order valence-corrected chi connectivity index (χ1v) is 4.95. The Hall–Kier alpha value is -2.26. The van der Waals surface area contributed by atoms with E-state index in [1.54, 1.807) is 9.97 Å². The third-order valence-electron chi connectivity index (χ3n) is 2.47.